The average molecular weight is 917 g/mol. The van der Waals surface area contributed by atoms with E-state index in [1.54, 1.807) is 95.2 Å². The topological polar surface area (TPSA) is 142 Å². The molecule has 5 aromatic carbocycles. The third-order valence-electron chi connectivity index (χ3n) is 9.69. The summed E-state index contributed by atoms with van der Waals surface area (Å²) < 4.78 is 45.8. The predicted molar refractivity (Wildman–Crippen MR) is 258 cm³/mol. The molecule has 0 aliphatic rings. The lowest BCUT2D eigenvalue weighted by Crippen LogP contribution is -2.27. The van der Waals surface area contributed by atoms with Crippen LogP contribution in [0.2, 0.25) is 0 Å². The minimum atomic E-state index is -0.907. The molecule has 0 aliphatic carbocycles. The van der Waals surface area contributed by atoms with Gasteiger partial charge in [-0.25, -0.2) is 19.2 Å². The van der Waals surface area contributed by atoms with Crippen molar-refractivity contribution in [1.29, 1.82) is 0 Å². The smallest absolute Gasteiger partial charge is 0.428 e. The van der Waals surface area contributed by atoms with Gasteiger partial charge in [-0.05, 0) is 209 Å². The summed E-state index contributed by atoms with van der Waals surface area (Å²) in [6.07, 6.45) is -3.46. The molecule has 0 saturated heterocycles. The van der Waals surface area contributed by atoms with Crippen molar-refractivity contribution in [3.63, 3.8) is 0 Å². The van der Waals surface area contributed by atoms with E-state index in [0.29, 0.717) is 44.9 Å². The Labute approximate surface area is 394 Å². The lowest BCUT2D eigenvalue weighted by Gasteiger charge is -2.28. The molecular formula is C55H64O12. The highest BCUT2D eigenvalue weighted by atomic mass is 16.7. The second-order valence-corrected chi connectivity index (χ2v) is 20.5. The van der Waals surface area contributed by atoms with Crippen LogP contribution < -0.4 is 18.9 Å². The molecule has 5 rings (SSSR count). The first kappa shape index (κ1) is 51.2. The van der Waals surface area contributed by atoms with Crippen molar-refractivity contribution in [2.45, 2.75) is 139 Å². The van der Waals surface area contributed by atoms with Crippen molar-refractivity contribution in [3.05, 3.63) is 130 Å². The molecule has 0 fully saturated rings. The van der Waals surface area contributed by atoms with Crippen LogP contribution in [0.1, 0.15) is 128 Å². The second kappa shape index (κ2) is 20.0. The first-order valence-electron chi connectivity index (χ1n) is 22.1. The summed E-state index contributed by atoms with van der Waals surface area (Å²) in [5.74, 6) is 0.370. The Bertz CT molecular complexity index is 2470. The molecule has 0 bridgehead atoms. The molecular weight excluding hydrogens is 853 g/mol. The minimum Gasteiger partial charge on any atom is -0.428 e. The SMILES string of the molecule is Cc1cc(-c2cc(C)c(OC(=O)OC(C)(C)C)c(C(c3ccccc3)c3cc(-c4ccc(OC(=O)OC(C)(C)C)c(C)c4)cc(C)c3OC(=O)OC(C)(C)C)c2)ccc1OC(=O)OC(C)(C)C. The fourth-order valence-corrected chi connectivity index (χ4v) is 7.13. The zero-order valence-electron chi connectivity index (χ0n) is 41.6. The molecule has 5 aromatic rings. The Morgan fingerprint density at radius 2 is 0.687 bits per heavy atom. The van der Waals surface area contributed by atoms with Crippen molar-refractivity contribution in [1.82, 2.24) is 0 Å². The van der Waals surface area contributed by atoms with Gasteiger partial charge in [0.05, 0.1) is 0 Å². The van der Waals surface area contributed by atoms with Gasteiger partial charge in [-0.2, -0.15) is 0 Å². The van der Waals surface area contributed by atoms with Gasteiger partial charge in [0.25, 0.3) is 0 Å². The van der Waals surface area contributed by atoms with Crippen molar-refractivity contribution in [3.8, 4) is 45.3 Å². The summed E-state index contributed by atoms with van der Waals surface area (Å²) >= 11 is 0. The summed E-state index contributed by atoms with van der Waals surface area (Å²) in [5.41, 5.74) is 4.23. The molecule has 0 amide bonds. The number of benzene rings is 5. The normalized spacial score (nSPS) is 12.0. The molecule has 12 heteroatoms. The van der Waals surface area contributed by atoms with Crippen LogP contribution in [0.25, 0.3) is 22.3 Å². The summed E-state index contributed by atoms with van der Waals surface area (Å²) in [6, 6.07) is 28.1. The number of rotatable bonds is 9. The maximum Gasteiger partial charge on any atom is 0.514 e. The van der Waals surface area contributed by atoms with Crippen LogP contribution in [0.3, 0.4) is 0 Å². The van der Waals surface area contributed by atoms with Gasteiger partial charge >= 0.3 is 24.6 Å². The highest BCUT2D eigenvalue weighted by Crippen LogP contribution is 2.47. The molecule has 0 atom stereocenters. The van der Waals surface area contributed by atoms with E-state index >= 15 is 0 Å². The van der Waals surface area contributed by atoms with Crippen molar-refractivity contribution in [2.75, 3.05) is 0 Å². The molecule has 0 heterocycles. The van der Waals surface area contributed by atoms with Gasteiger partial charge in [-0.3, -0.25) is 0 Å². The van der Waals surface area contributed by atoms with Gasteiger partial charge in [-0.1, -0.05) is 42.5 Å². The minimum absolute atomic E-state index is 0.235. The Morgan fingerprint density at radius 3 is 1.00 bits per heavy atom. The Morgan fingerprint density at radius 1 is 0.373 bits per heavy atom. The number of hydrogen-bond acceptors (Lipinski definition) is 12. The standard InChI is InChI=1S/C55H64O12/c1-32-26-37(22-24-43(32)60-48(56)64-52(5,6)7)39-28-34(3)46(62-50(58)66-54(11,12)13)41(30-39)45(36-20-18-17-19-21-36)42-31-40(29-35(4)47(42)63-51(59)67-55(14,15)16)38-23-25-44(33(2)27-38)61-49(57)65-53(8,9)10/h17-31,45H,1-16H3. The summed E-state index contributed by atoms with van der Waals surface area (Å²) in [6.45, 7) is 28.4. The maximum atomic E-state index is 13.7. The molecule has 67 heavy (non-hydrogen) atoms. The van der Waals surface area contributed by atoms with Crippen molar-refractivity contribution in [2.24, 2.45) is 0 Å². The zero-order chi connectivity index (χ0) is 49.8. The number of carbonyl (C=O) groups excluding carboxylic acids is 4. The molecule has 0 spiro atoms. The van der Waals surface area contributed by atoms with Crippen LogP contribution >= 0.6 is 0 Å². The summed E-state index contributed by atoms with van der Waals surface area (Å²) in [5, 5.41) is 0. The first-order valence-corrected chi connectivity index (χ1v) is 22.1. The van der Waals surface area contributed by atoms with E-state index in [1.807, 2.05) is 107 Å². The lowest BCUT2D eigenvalue weighted by atomic mass is 9.80. The third kappa shape index (κ3) is 14.6. The van der Waals surface area contributed by atoms with Gasteiger partial charge in [0.15, 0.2) is 0 Å². The van der Waals surface area contributed by atoms with Crippen LogP contribution in [0.4, 0.5) is 19.2 Å². The monoisotopic (exact) mass is 916 g/mol. The highest BCUT2D eigenvalue weighted by molar-refractivity contribution is 5.78. The predicted octanol–water partition coefficient (Wildman–Crippen LogP) is 14.7. The third-order valence-corrected chi connectivity index (χ3v) is 9.69. The molecule has 0 saturated carbocycles. The average Bonchev–Trinajstić information content (AvgIpc) is 3.16. The molecule has 0 radical (unpaired) electrons. The van der Waals surface area contributed by atoms with Crippen LogP contribution in [0.15, 0.2) is 91.0 Å². The van der Waals surface area contributed by atoms with E-state index in [1.165, 1.54) is 0 Å². The van der Waals surface area contributed by atoms with Gasteiger partial charge in [0, 0.05) is 17.0 Å². The molecule has 0 aliphatic heterocycles. The number of ether oxygens (including phenoxy) is 8. The number of hydrogen-bond donors (Lipinski definition) is 0. The van der Waals surface area contributed by atoms with Gasteiger partial charge < -0.3 is 37.9 Å². The van der Waals surface area contributed by atoms with Crippen LogP contribution in [0.5, 0.6) is 23.0 Å². The van der Waals surface area contributed by atoms with Crippen molar-refractivity contribution >= 4 is 24.6 Å². The van der Waals surface area contributed by atoms with Crippen LogP contribution in [-0.4, -0.2) is 47.0 Å². The maximum absolute atomic E-state index is 13.7. The quantitative estimate of drug-likeness (QED) is 0.0601. The fraction of sp³-hybridized carbons (Fsp3) is 0.382. The van der Waals surface area contributed by atoms with E-state index in [-0.39, 0.29) is 11.5 Å². The van der Waals surface area contributed by atoms with E-state index < -0.39 is 52.9 Å². The largest absolute Gasteiger partial charge is 0.514 e. The number of aryl methyl sites for hydroxylation is 4. The van der Waals surface area contributed by atoms with Crippen molar-refractivity contribution < 1.29 is 57.1 Å². The Balaban J connectivity index is 1.79. The van der Waals surface area contributed by atoms with Gasteiger partial charge in [0.1, 0.15) is 45.4 Å². The molecule has 0 aromatic heterocycles. The Hall–Kier alpha value is -6.82. The molecule has 356 valence electrons. The molecule has 0 unspecified atom stereocenters. The van der Waals surface area contributed by atoms with Gasteiger partial charge in [-0.15, -0.1) is 0 Å². The molecule has 0 N–H and O–H groups in total. The second-order valence-electron chi connectivity index (χ2n) is 20.5. The molecule has 12 nitrogen and oxygen atoms in total. The lowest BCUT2D eigenvalue weighted by molar-refractivity contribution is 0.0189. The fourth-order valence-electron chi connectivity index (χ4n) is 7.13. The van der Waals surface area contributed by atoms with E-state index in [9.17, 15) is 19.2 Å². The number of carbonyl (C=O) groups is 4. The Kier molecular flexibility index (Phi) is 15.2. The zero-order valence-corrected chi connectivity index (χ0v) is 41.6. The summed E-state index contributed by atoms with van der Waals surface area (Å²) in [7, 11) is 0. The van der Waals surface area contributed by atoms with E-state index in [4.69, 9.17) is 37.9 Å². The van der Waals surface area contributed by atoms with Crippen LogP contribution in [0, 0.1) is 27.7 Å². The van der Waals surface area contributed by atoms with Crippen LogP contribution in [-0.2, 0) is 18.9 Å². The van der Waals surface area contributed by atoms with E-state index in [2.05, 4.69) is 0 Å². The highest BCUT2D eigenvalue weighted by Gasteiger charge is 2.32. The van der Waals surface area contributed by atoms with Gasteiger partial charge in [0.2, 0.25) is 0 Å². The summed E-state index contributed by atoms with van der Waals surface area (Å²) in [4.78, 5) is 52.6. The van der Waals surface area contributed by atoms with E-state index in [0.717, 1.165) is 27.8 Å². The first-order chi connectivity index (χ1) is 30.9.